The maximum Gasteiger partial charge on any atom is 0.320 e. The van der Waals surface area contributed by atoms with Crippen LogP contribution >= 0.6 is 0 Å². The molecule has 0 bridgehead atoms. The molecule has 0 aliphatic carbocycles. The lowest BCUT2D eigenvalue weighted by molar-refractivity contribution is -0.157. The first-order chi connectivity index (χ1) is 13.2. The number of carboxylic acids is 2. The topological polar surface area (TPSA) is 161 Å². The van der Waals surface area contributed by atoms with E-state index in [1.54, 1.807) is 20.8 Å². The fraction of sp³-hybridized carbons (Fsp3) is 0.737. The van der Waals surface area contributed by atoms with Gasteiger partial charge in [-0.25, -0.2) is 0 Å². The minimum absolute atomic E-state index is 0.0231. The summed E-state index contributed by atoms with van der Waals surface area (Å²) in [5.41, 5.74) is 4.46. The van der Waals surface area contributed by atoms with E-state index >= 15 is 0 Å². The maximum absolute atomic E-state index is 11.6. The first-order valence-corrected chi connectivity index (χ1v) is 8.57. The molecule has 0 aromatic heterocycles. The Labute approximate surface area is 168 Å². The van der Waals surface area contributed by atoms with Crippen molar-refractivity contribution in [2.24, 2.45) is 11.7 Å². The van der Waals surface area contributed by atoms with Crippen LogP contribution in [0.4, 0.5) is 0 Å². The SMILES string of the molecule is CC(=O)CC[C@H](CC(=O)OC(C)(C)C)C(C)=O.N[C@@H](CCC(=O)O)C(=O)O.[3H]C. The molecule has 0 saturated heterocycles. The molecule has 0 radical (unpaired) electrons. The highest BCUT2D eigenvalue weighted by Crippen LogP contribution is 2.17. The number of esters is 1. The van der Waals surface area contributed by atoms with Gasteiger partial charge in [0.2, 0.25) is 0 Å². The fourth-order valence-corrected chi connectivity index (χ4v) is 1.81. The molecule has 4 N–H and O–H groups in total. The highest BCUT2D eigenvalue weighted by molar-refractivity contribution is 5.84. The molecule has 0 amide bonds. The molecule has 2 atom stereocenters. The second kappa shape index (κ2) is 14.7. The highest BCUT2D eigenvalue weighted by Gasteiger charge is 2.23. The second-order valence-corrected chi connectivity index (χ2v) is 7.22. The number of carboxylic acid groups (broad SMARTS) is 2. The summed E-state index contributed by atoms with van der Waals surface area (Å²) >= 11 is 0. The van der Waals surface area contributed by atoms with Gasteiger partial charge in [-0.05, 0) is 47.5 Å². The van der Waals surface area contributed by atoms with Crippen LogP contribution in [0.5, 0.6) is 0 Å². The summed E-state index contributed by atoms with van der Waals surface area (Å²) in [5.74, 6) is -3.04. The lowest BCUT2D eigenvalue weighted by atomic mass is 9.94. The molecule has 0 fully saturated rings. The van der Waals surface area contributed by atoms with Crippen LogP contribution in [0.25, 0.3) is 0 Å². The van der Waals surface area contributed by atoms with Crippen molar-refractivity contribution >= 4 is 29.5 Å². The van der Waals surface area contributed by atoms with Gasteiger partial charge >= 0.3 is 17.9 Å². The van der Waals surface area contributed by atoms with E-state index in [9.17, 15) is 24.0 Å². The minimum Gasteiger partial charge on any atom is -0.481 e. The molecule has 0 aromatic carbocycles. The van der Waals surface area contributed by atoms with Crippen molar-refractivity contribution in [2.45, 2.75) is 85.8 Å². The normalized spacial score (nSPS) is 12.6. The van der Waals surface area contributed by atoms with Gasteiger partial charge in [0, 0.05) is 20.1 Å². The molecule has 0 aromatic rings. The average molecular weight is 407 g/mol. The van der Waals surface area contributed by atoms with Crippen LogP contribution in [-0.2, 0) is 28.7 Å². The smallest absolute Gasteiger partial charge is 0.320 e. The Kier molecular flexibility index (Phi) is 14.7. The van der Waals surface area contributed by atoms with E-state index in [4.69, 9.17) is 22.1 Å². The predicted molar refractivity (Wildman–Crippen MR) is 104 cm³/mol. The lowest BCUT2D eigenvalue weighted by Crippen LogP contribution is -2.30. The number of ether oxygens (including phenoxy) is 1. The van der Waals surface area contributed by atoms with E-state index in [1.165, 1.54) is 21.3 Å². The number of hydrogen-bond donors (Lipinski definition) is 3. The first-order valence-electron chi connectivity index (χ1n) is 9.57. The van der Waals surface area contributed by atoms with Crippen LogP contribution in [-0.4, -0.2) is 51.3 Å². The van der Waals surface area contributed by atoms with Crippen LogP contribution in [0, 0.1) is 5.92 Å². The highest BCUT2D eigenvalue weighted by atomic mass is 16.6. The number of rotatable bonds is 10. The molecule has 0 saturated carbocycles. The third kappa shape index (κ3) is 20.0. The van der Waals surface area contributed by atoms with Crippen LogP contribution < -0.4 is 5.73 Å². The van der Waals surface area contributed by atoms with Gasteiger partial charge in [0.05, 0.1) is 6.42 Å². The van der Waals surface area contributed by atoms with Crippen LogP contribution in [0.1, 0.15) is 75.5 Å². The third-order valence-electron chi connectivity index (χ3n) is 3.24. The maximum atomic E-state index is 11.6. The molecule has 0 unspecified atom stereocenters. The molecule has 28 heavy (non-hydrogen) atoms. The van der Waals surface area contributed by atoms with Gasteiger partial charge in [-0.3, -0.25) is 19.2 Å². The first kappa shape index (κ1) is 27.9. The summed E-state index contributed by atoms with van der Waals surface area (Å²) in [4.78, 5) is 53.6. The molecule has 9 nitrogen and oxygen atoms in total. The van der Waals surface area contributed by atoms with Gasteiger partial charge in [0.1, 0.15) is 23.2 Å². The van der Waals surface area contributed by atoms with Gasteiger partial charge in [-0.2, -0.15) is 0 Å². The Hall–Kier alpha value is -2.29. The van der Waals surface area contributed by atoms with Gasteiger partial charge in [-0.15, -0.1) is 0 Å². The molecule has 9 heteroatoms. The molecule has 0 rings (SSSR count). The average Bonchev–Trinajstić information content (AvgIpc) is 2.56. The van der Waals surface area contributed by atoms with Crippen molar-refractivity contribution in [3.8, 4) is 0 Å². The summed E-state index contributed by atoms with van der Waals surface area (Å²) in [5, 5.41) is 16.3. The Balaban J connectivity index is -0.000000479. The Morgan fingerprint density at radius 2 is 1.54 bits per heavy atom. The van der Waals surface area contributed by atoms with E-state index in [-0.39, 0.29) is 36.8 Å². The van der Waals surface area contributed by atoms with Crippen molar-refractivity contribution in [1.29, 1.82) is 0 Å². The monoisotopic (exact) mass is 407 g/mol. The minimum atomic E-state index is -1.17. The van der Waals surface area contributed by atoms with E-state index < -0.39 is 29.5 Å². The predicted octanol–water partition coefficient (Wildman–Crippen LogP) is 2.19. The number of ketones is 2. The zero-order valence-electron chi connectivity index (χ0n) is 18.6. The van der Waals surface area contributed by atoms with Crippen LogP contribution in [0.3, 0.4) is 0 Å². The Morgan fingerprint density at radius 3 is 1.86 bits per heavy atom. The van der Waals surface area contributed by atoms with Crippen molar-refractivity contribution < 1.29 is 40.3 Å². The number of aliphatic carboxylic acids is 2. The van der Waals surface area contributed by atoms with Crippen molar-refractivity contribution in [2.75, 3.05) is 0 Å². The fourth-order valence-electron chi connectivity index (χ4n) is 1.81. The van der Waals surface area contributed by atoms with E-state index in [1.807, 2.05) is 0 Å². The number of hydrogen-bond acceptors (Lipinski definition) is 7. The number of nitrogens with two attached hydrogens (primary N) is 1. The van der Waals surface area contributed by atoms with E-state index in [2.05, 4.69) is 0 Å². The van der Waals surface area contributed by atoms with Crippen molar-refractivity contribution in [3.05, 3.63) is 0 Å². The van der Waals surface area contributed by atoms with Gasteiger partial charge in [-0.1, -0.05) is 7.40 Å². The standard InChI is InChI=1S/C13H22O4.C5H9NO4.CH4/c1-9(14)6-7-11(10(2)15)8-12(16)17-13(3,4)5;6-3(5(9)10)1-2-4(7)8;/h11H,6-8H2,1-5H3;3H,1-2,6H2,(H,7,8)(H,9,10);1H4/t11-;3-;/m10./s1/i;;1T. The molecule has 164 valence electrons. The summed E-state index contributed by atoms with van der Waals surface area (Å²) in [6, 6.07) is -1.06. The summed E-state index contributed by atoms with van der Waals surface area (Å²) < 4.78 is 10.9. The molecule has 0 spiro atoms. The largest absolute Gasteiger partial charge is 0.481 e. The second-order valence-electron chi connectivity index (χ2n) is 7.22. The lowest BCUT2D eigenvalue weighted by Gasteiger charge is -2.21. The van der Waals surface area contributed by atoms with Crippen LogP contribution in [0.2, 0.25) is 0 Å². The molecule has 0 heterocycles. The van der Waals surface area contributed by atoms with Crippen LogP contribution in [0.15, 0.2) is 0 Å². The zero-order chi connectivity index (χ0) is 23.8. The van der Waals surface area contributed by atoms with E-state index in [0.29, 0.717) is 12.8 Å². The zero-order valence-corrected chi connectivity index (χ0v) is 17.6. The quantitative estimate of drug-likeness (QED) is 0.461. The number of carbonyl (C=O) groups is 5. The van der Waals surface area contributed by atoms with Crippen molar-refractivity contribution in [1.82, 2.24) is 0 Å². The van der Waals surface area contributed by atoms with Crippen molar-refractivity contribution in [3.63, 3.8) is 0 Å². The summed E-state index contributed by atoms with van der Waals surface area (Å²) in [6.07, 6.45) is 0.578. The molecule has 0 aliphatic rings. The Morgan fingerprint density at radius 1 is 1.04 bits per heavy atom. The third-order valence-corrected chi connectivity index (χ3v) is 3.24. The van der Waals surface area contributed by atoms with Gasteiger partial charge < -0.3 is 25.5 Å². The van der Waals surface area contributed by atoms with E-state index in [0.717, 1.165) is 0 Å². The molecular weight excluding hydrogens is 370 g/mol. The number of Topliss-reactive ketones (excluding diaryl/α,β-unsaturated/α-hetero) is 2. The molecule has 0 aliphatic heterocycles. The number of carbonyl (C=O) groups excluding carboxylic acids is 3. The van der Waals surface area contributed by atoms with Gasteiger partial charge in [0.25, 0.3) is 0 Å². The Bertz CT molecular complexity index is 543. The summed E-state index contributed by atoms with van der Waals surface area (Å²) in [7, 11) is 1.25. The molecular formula is C19H35NO8. The summed E-state index contributed by atoms with van der Waals surface area (Å²) in [6.45, 7) is 8.26. The van der Waals surface area contributed by atoms with Gasteiger partial charge in [0.15, 0.2) is 0 Å².